The lowest BCUT2D eigenvalue weighted by atomic mass is 9.82. The average molecular weight is 878 g/mol. The van der Waals surface area contributed by atoms with Crippen molar-refractivity contribution in [2.45, 2.75) is 0 Å². The van der Waals surface area contributed by atoms with Crippen molar-refractivity contribution in [2.24, 2.45) is 0 Å². The van der Waals surface area contributed by atoms with E-state index in [4.69, 9.17) is 0 Å². The van der Waals surface area contributed by atoms with E-state index in [0.29, 0.717) is 0 Å². The van der Waals surface area contributed by atoms with Gasteiger partial charge in [-0.15, -0.1) is 0 Å². The standard InChI is InChI=1S/C68H47N/c1-7-23-48(24-8-1)57-46-45-56(47-64(57)51-29-13-4-14-30-51)69(68-59(49-25-9-2-10-26-49)38-22-39-60(68)50-27-11-3-12-28-50)55-43-41-52(42-44-55)58-37-21-40-63-61-35-19-20-36-62(61)65(53-31-15-5-16-32-53)66(67(58)63)54-33-17-6-18-34-54/h1-47H. The van der Waals surface area contributed by atoms with Gasteiger partial charge in [-0.05, 0) is 113 Å². The molecule has 1 heteroatoms. The Labute approximate surface area is 404 Å². The highest BCUT2D eigenvalue weighted by Gasteiger charge is 2.25. The molecule has 0 saturated heterocycles. The Hall–Kier alpha value is -9.04. The van der Waals surface area contributed by atoms with Crippen LogP contribution in [0.3, 0.4) is 0 Å². The van der Waals surface area contributed by atoms with Crippen LogP contribution in [-0.4, -0.2) is 0 Å². The molecule has 324 valence electrons. The van der Waals surface area contributed by atoms with Crippen LogP contribution in [0.25, 0.3) is 99.4 Å². The van der Waals surface area contributed by atoms with Crippen LogP contribution in [0, 0.1) is 0 Å². The Balaban J connectivity index is 1.12. The van der Waals surface area contributed by atoms with Crippen molar-refractivity contribution in [3.8, 4) is 77.9 Å². The van der Waals surface area contributed by atoms with Gasteiger partial charge in [0.2, 0.25) is 0 Å². The molecule has 0 aliphatic rings. The molecule has 0 spiro atoms. The van der Waals surface area contributed by atoms with Crippen LogP contribution in [0.5, 0.6) is 0 Å². The second kappa shape index (κ2) is 18.3. The molecule has 12 aromatic carbocycles. The van der Waals surface area contributed by atoms with Crippen LogP contribution in [0.4, 0.5) is 17.1 Å². The van der Waals surface area contributed by atoms with Gasteiger partial charge in [0, 0.05) is 22.5 Å². The van der Waals surface area contributed by atoms with Crippen molar-refractivity contribution >= 4 is 38.6 Å². The van der Waals surface area contributed by atoms with Crippen LogP contribution in [-0.2, 0) is 0 Å². The van der Waals surface area contributed by atoms with Crippen LogP contribution in [0.15, 0.2) is 285 Å². The minimum Gasteiger partial charge on any atom is -0.309 e. The molecule has 12 aromatic rings. The van der Waals surface area contributed by atoms with E-state index in [1.54, 1.807) is 0 Å². The number of anilines is 3. The maximum Gasteiger partial charge on any atom is 0.0618 e. The lowest BCUT2D eigenvalue weighted by molar-refractivity contribution is 1.28. The van der Waals surface area contributed by atoms with Crippen molar-refractivity contribution in [3.63, 3.8) is 0 Å². The first kappa shape index (κ1) is 41.4. The summed E-state index contributed by atoms with van der Waals surface area (Å²) >= 11 is 0. The summed E-state index contributed by atoms with van der Waals surface area (Å²) in [5, 5.41) is 4.98. The third kappa shape index (κ3) is 7.76. The van der Waals surface area contributed by atoms with Gasteiger partial charge in [-0.3, -0.25) is 0 Å². The van der Waals surface area contributed by atoms with Gasteiger partial charge in [0.15, 0.2) is 0 Å². The number of nitrogens with zero attached hydrogens (tertiary/aromatic N) is 1. The molecule has 0 unspecified atom stereocenters. The maximum atomic E-state index is 2.48. The number of rotatable bonds is 10. The van der Waals surface area contributed by atoms with Gasteiger partial charge < -0.3 is 4.90 Å². The number of hydrogen-bond donors (Lipinski definition) is 0. The number of fused-ring (bicyclic) bond motifs is 3. The molecule has 1 nitrogen and oxygen atoms in total. The molecule has 0 fully saturated rings. The van der Waals surface area contributed by atoms with Crippen LogP contribution >= 0.6 is 0 Å². The molecular weight excluding hydrogens is 831 g/mol. The number of hydrogen-bond acceptors (Lipinski definition) is 1. The maximum absolute atomic E-state index is 2.48. The highest BCUT2D eigenvalue weighted by molar-refractivity contribution is 6.25. The van der Waals surface area contributed by atoms with Crippen LogP contribution in [0.1, 0.15) is 0 Å². The lowest BCUT2D eigenvalue weighted by Gasteiger charge is -2.31. The van der Waals surface area contributed by atoms with E-state index in [9.17, 15) is 0 Å². The third-order valence-electron chi connectivity index (χ3n) is 13.5. The van der Waals surface area contributed by atoms with Gasteiger partial charge >= 0.3 is 0 Å². The monoisotopic (exact) mass is 877 g/mol. The van der Waals surface area contributed by atoms with Gasteiger partial charge in [-0.25, -0.2) is 0 Å². The quantitative estimate of drug-likeness (QED) is 0.124. The Kier molecular flexibility index (Phi) is 11.0. The van der Waals surface area contributed by atoms with E-state index < -0.39 is 0 Å². The molecule has 0 atom stereocenters. The predicted octanol–water partition coefficient (Wildman–Crippen LogP) is 19.1. The average Bonchev–Trinajstić information content (AvgIpc) is 3.44. The van der Waals surface area contributed by atoms with Crippen molar-refractivity contribution in [1.82, 2.24) is 0 Å². The Morgan fingerprint density at radius 2 is 0.580 bits per heavy atom. The molecule has 0 saturated carbocycles. The third-order valence-corrected chi connectivity index (χ3v) is 13.5. The molecular formula is C68H47N. The fraction of sp³-hybridized carbons (Fsp3) is 0. The Bertz CT molecular complexity index is 3660. The van der Waals surface area contributed by atoms with E-state index in [2.05, 4.69) is 290 Å². The smallest absolute Gasteiger partial charge is 0.0618 e. The fourth-order valence-electron chi connectivity index (χ4n) is 10.4. The molecule has 0 aliphatic heterocycles. The zero-order chi connectivity index (χ0) is 45.9. The summed E-state index contributed by atoms with van der Waals surface area (Å²) in [5.74, 6) is 0. The van der Waals surface area contributed by atoms with Gasteiger partial charge in [-0.1, -0.05) is 261 Å². The fourth-order valence-corrected chi connectivity index (χ4v) is 10.4. The zero-order valence-electron chi connectivity index (χ0n) is 38.1. The van der Waals surface area contributed by atoms with Crippen molar-refractivity contribution in [1.29, 1.82) is 0 Å². The minimum absolute atomic E-state index is 1.06. The molecule has 0 bridgehead atoms. The van der Waals surface area contributed by atoms with E-state index in [-0.39, 0.29) is 0 Å². The zero-order valence-corrected chi connectivity index (χ0v) is 38.1. The summed E-state index contributed by atoms with van der Waals surface area (Å²) in [4.78, 5) is 2.48. The van der Waals surface area contributed by atoms with Gasteiger partial charge in [0.05, 0.1) is 5.69 Å². The van der Waals surface area contributed by atoms with Crippen LogP contribution in [0.2, 0.25) is 0 Å². The first-order valence-electron chi connectivity index (χ1n) is 23.8. The minimum atomic E-state index is 1.06. The number of para-hydroxylation sites is 1. The highest BCUT2D eigenvalue weighted by Crippen LogP contribution is 2.51. The summed E-state index contributed by atoms with van der Waals surface area (Å²) in [6.07, 6.45) is 0. The van der Waals surface area contributed by atoms with E-state index >= 15 is 0 Å². The van der Waals surface area contributed by atoms with Crippen molar-refractivity contribution in [3.05, 3.63) is 285 Å². The first-order valence-corrected chi connectivity index (χ1v) is 23.8. The van der Waals surface area contributed by atoms with Crippen molar-refractivity contribution in [2.75, 3.05) is 4.90 Å². The van der Waals surface area contributed by atoms with Crippen LogP contribution < -0.4 is 4.90 Å². The summed E-state index contributed by atoms with van der Waals surface area (Å²) in [6, 6.07) is 104. The second-order valence-electron chi connectivity index (χ2n) is 17.5. The number of benzene rings is 12. The summed E-state index contributed by atoms with van der Waals surface area (Å²) in [5.41, 5.74) is 19.8. The summed E-state index contributed by atoms with van der Waals surface area (Å²) < 4.78 is 0. The normalized spacial score (nSPS) is 11.2. The van der Waals surface area contributed by atoms with Gasteiger partial charge in [0.25, 0.3) is 0 Å². The molecule has 0 N–H and O–H groups in total. The molecule has 0 radical (unpaired) electrons. The van der Waals surface area contributed by atoms with Gasteiger partial charge in [0.1, 0.15) is 0 Å². The van der Waals surface area contributed by atoms with Crippen molar-refractivity contribution < 1.29 is 0 Å². The molecule has 0 aromatic heterocycles. The molecule has 0 amide bonds. The van der Waals surface area contributed by atoms with Gasteiger partial charge in [-0.2, -0.15) is 0 Å². The van der Waals surface area contributed by atoms with E-state index in [1.165, 1.54) is 71.6 Å². The molecule has 12 rings (SSSR count). The lowest BCUT2D eigenvalue weighted by Crippen LogP contribution is -2.13. The highest BCUT2D eigenvalue weighted by atomic mass is 15.1. The van der Waals surface area contributed by atoms with E-state index in [0.717, 1.165) is 44.9 Å². The molecule has 69 heavy (non-hydrogen) atoms. The molecule has 0 heterocycles. The molecule has 0 aliphatic carbocycles. The Morgan fingerprint density at radius 3 is 1.12 bits per heavy atom. The first-order chi connectivity index (χ1) is 34.3. The second-order valence-corrected chi connectivity index (χ2v) is 17.5. The Morgan fingerprint density at radius 1 is 0.203 bits per heavy atom. The van der Waals surface area contributed by atoms with E-state index in [1.807, 2.05) is 0 Å². The predicted molar refractivity (Wildman–Crippen MR) is 294 cm³/mol. The SMILES string of the molecule is c1ccc(-c2ccc(N(c3ccc(-c4cccc5c4c(-c4ccccc4)c(-c4ccccc4)c4ccccc45)cc3)c3c(-c4ccccc4)cccc3-c3ccccc3)cc2-c2ccccc2)cc1. The summed E-state index contributed by atoms with van der Waals surface area (Å²) in [7, 11) is 0. The summed E-state index contributed by atoms with van der Waals surface area (Å²) in [6.45, 7) is 0. The topological polar surface area (TPSA) is 3.24 Å². The largest absolute Gasteiger partial charge is 0.309 e.